The van der Waals surface area contributed by atoms with Crippen molar-refractivity contribution < 1.29 is 22.8 Å². The van der Waals surface area contributed by atoms with Crippen molar-refractivity contribution in [3.8, 4) is 0 Å². The van der Waals surface area contributed by atoms with E-state index in [1.165, 1.54) is 35.0 Å². The van der Waals surface area contributed by atoms with E-state index in [2.05, 4.69) is 15.4 Å². The molecule has 0 bridgehead atoms. The van der Waals surface area contributed by atoms with Gasteiger partial charge in [0.15, 0.2) is 5.65 Å². The minimum atomic E-state index is -4.53. The lowest BCUT2D eigenvalue weighted by Gasteiger charge is -2.10. The molecule has 0 aliphatic heterocycles. The number of halogens is 3. The van der Waals surface area contributed by atoms with Crippen LogP contribution in [0.3, 0.4) is 0 Å². The molecular formula is C18H16F3N5O3. The Kier molecular flexibility index (Phi) is 5.14. The van der Waals surface area contributed by atoms with Crippen molar-refractivity contribution in [2.24, 2.45) is 7.05 Å². The number of hydrogen-bond donors (Lipinski definition) is 3. The molecule has 0 fully saturated rings. The number of anilines is 1. The van der Waals surface area contributed by atoms with E-state index in [0.717, 1.165) is 0 Å². The molecule has 2 aromatic heterocycles. The zero-order valence-corrected chi connectivity index (χ0v) is 15.3. The third-order valence-electron chi connectivity index (χ3n) is 4.02. The molecule has 0 saturated heterocycles. The second-order valence-corrected chi connectivity index (χ2v) is 6.34. The Bertz CT molecular complexity index is 1160. The highest BCUT2D eigenvalue weighted by atomic mass is 19.4. The van der Waals surface area contributed by atoms with Crippen LogP contribution in [-0.4, -0.2) is 39.3 Å². The van der Waals surface area contributed by atoms with Crippen molar-refractivity contribution in [1.29, 1.82) is 0 Å². The third kappa shape index (κ3) is 4.45. The van der Waals surface area contributed by atoms with Crippen LogP contribution in [0.15, 0.2) is 35.1 Å². The number of H-pyrrole nitrogens is 1. The van der Waals surface area contributed by atoms with Crippen molar-refractivity contribution in [3.05, 3.63) is 57.5 Å². The molecule has 3 aromatic rings. The molecule has 0 saturated carbocycles. The summed E-state index contributed by atoms with van der Waals surface area (Å²) >= 11 is 0. The summed E-state index contributed by atoms with van der Waals surface area (Å²) in [6.07, 6.45) is -4.53. The first kappa shape index (κ1) is 20.1. The first-order valence-electron chi connectivity index (χ1n) is 8.38. The maximum Gasteiger partial charge on any atom is 0.405 e. The molecular weight excluding hydrogens is 391 g/mol. The molecule has 0 radical (unpaired) electrons. The number of rotatable bonds is 4. The monoisotopic (exact) mass is 407 g/mol. The zero-order chi connectivity index (χ0) is 21.3. The van der Waals surface area contributed by atoms with Gasteiger partial charge in [-0.05, 0) is 31.2 Å². The van der Waals surface area contributed by atoms with Gasteiger partial charge >= 0.3 is 6.18 Å². The van der Waals surface area contributed by atoms with Gasteiger partial charge in [0.05, 0.1) is 10.9 Å². The van der Waals surface area contributed by atoms with E-state index in [9.17, 15) is 27.6 Å². The third-order valence-corrected chi connectivity index (χ3v) is 4.02. The molecule has 3 N–H and O–H groups in total. The summed E-state index contributed by atoms with van der Waals surface area (Å²) < 4.78 is 38.2. The molecule has 0 unspecified atom stereocenters. The molecule has 8 nitrogen and oxygen atoms in total. The second kappa shape index (κ2) is 7.41. The fourth-order valence-corrected chi connectivity index (χ4v) is 2.78. The van der Waals surface area contributed by atoms with E-state index in [1.54, 1.807) is 19.3 Å². The maximum atomic E-state index is 12.7. The molecule has 29 heavy (non-hydrogen) atoms. The predicted octanol–water partition coefficient (Wildman–Crippen LogP) is 2.11. The lowest BCUT2D eigenvalue weighted by molar-refractivity contribution is -0.123. The van der Waals surface area contributed by atoms with Gasteiger partial charge in [-0.25, -0.2) is 4.98 Å². The summed E-state index contributed by atoms with van der Waals surface area (Å²) in [6, 6.07) is 6.90. The molecule has 0 atom stereocenters. The second-order valence-electron chi connectivity index (χ2n) is 6.34. The van der Waals surface area contributed by atoms with Gasteiger partial charge in [-0.15, -0.1) is 0 Å². The molecule has 0 spiro atoms. The molecule has 152 valence electrons. The van der Waals surface area contributed by atoms with Crippen LogP contribution >= 0.6 is 0 Å². The van der Waals surface area contributed by atoms with Gasteiger partial charge in [-0.3, -0.25) is 24.2 Å². The zero-order valence-electron chi connectivity index (χ0n) is 15.3. The van der Waals surface area contributed by atoms with Gasteiger partial charge in [0.25, 0.3) is 17.4 Å². The Morgan fingerprint density at radius 3 is 2.62 bits per heavy atom. The highest BCUT2D eigenvalue weighted by Gasteiger charge is 2.28. The summed E-state index contributed by atoms with van der Waals surface area (Å²) in [5.41, 5.74) is 0.546. The van der Waals surface area contributed by atoms with Gasteiger partial charge in [0.1, 0.15) is 6.54 Å². The number of carbonyl (C=O) groups excluding carboxylic acids is 2. The number of aromatic nitrogens is 3. The van der Waals surface area contributed by atoms with Gasteiger partial charge in [-0.1, -0.05) is 6.07 Å². The van der Waals surface area contributed by atoms with Crippen molar-refractivity contribution >= 4 is 28.5 Å². The molecule has 0 aliphatic rings. The van der Waals surface area contributed by atoms with E-state index in [-0.39, 0.29) is 22.2 Å². The number of benzene rings is 1. The largest absolute Gasteiger partial charge is 0.405 e. The van der Waals surface area contributed by atoms with Crippen LogP contribution in [0, 0.1) is 6.92 Å². The Hall–Kier alpha value is -3.63. The van der Waals surface area contributed by atoms with Crippen LogP contribution in [0.1, 0.15) is 26.4 Å². The van der Waals surface area contributed by atoms with E-state index >= 15 is 0 Å². The van der Waals surface area contributed by atoms with Crippen molar-refractivity contribution in [1.82, 2.24) is 20.1 Å². The van der Waals surface area contributed by atoms with Crippen molar-refractivity contribution in [2.45, 2.75) is 13.1 Å². The van der Waals surface area contributed by atoms with Crippen LogP contribution in [0.5, 0.6) is 0 Å². The minimum absolute atomic E-state index is 0.0549. The predicted molar refractivity (Wildman–Crippen MR) is 98.9 cm³/mol. The minimum Gasteiger partial charge on any atom is -0.343 e. The number of aryl methyl sites for hydroxylation is 2. The molecule has 0 aliphatic carbocycles. The van der Waals surface area contributed by atoms with E-state index in [0.29, 0.717) is 11.3 Å². The first-order chi connectivity index (χ1) is 13.5. The van der Waals surface area contributed by atoms with E-state index in [4.69, 9.17) is 0 Å². The summed E-state index contributed by atoms with van der Waals surface area (Å²) in [6.45, 7) is 0.201. The number of aromatic amines is 1. The van der Waals surface area contributed by atoms with Gasteiger partial charge in [-0.2, -0.15) is 13.2 Å². The standard InChI is InChI=1S/C18H16F3N5O3/c1-9-6-12(13-14(23-9)26(2)25-17(13)29)16(28)24-11-5-3-4-10(7-11)15(27)22-8-18(19,20)21/h3-7H,8H2,1-2H3,(H,22,27)(H,24,28)(H,25,29). The molecule has 3 rings (SSSR count). The van der Waals surface area contributed by atoms with Crippen LogP contribution < -0.4 is 16.2 Å². The Morgan fingerprint density at radius 2 is 1.93 bits per heavy atom. The Labute approximate surface area is 161 Å². The van der Waals surface area contributed by atoms with Crippen LogP contribution in [0.4, 0.5) is 18.9 Å². The van der Waals surface area contributed by atoms with Crippen molar-refractivity contribution in [3.63, 3.8) is 0 Å². The lowest BCUT2D eigenvalue weighted by atomic mass is 10.1. The number of fused-ring (bicyclic) bond motifs is 1. The first-order valence-corrected chi connectivity index (χ1v) is 8.38. The van der Waals surface area contributed by atoms with E-state index < -0.39 is 30.1 Å². The average Bonchev–Trinajstić information content (AvgIpc) is 2.92. The molecule has 2 heterocycles. The molecule has 1 aromatic carbocycles. The van der Waals surface area contributed by atoms with Crippen LogP contribution in [-0.2, 0) is 7.05 Å². The van der Waals surface area contributed by atoms with Crippen LogP contribution in [0.2, 0.25) is 0 Å². The topological polar surface area (TPSA) is 109 Å². The van der Waals surface area contributed by atoms with Crippen LogP contribution in [0.25, 0.3) is 11.0 Å². The number of hydrogen-bond acceptors (Lipinski definition) is 4. The van der Waals surface area contributed by atoms with Gasteiger partial charge < -0.3 is 10.6 Å². The highest BCUT2D eigenvalue weighted by molar-refractivity contribution is 6.12. The molecule has 11 heteroatoms. The number of nitrogens with zero attached hydrogens (tertiary/aromatic N) is 2. The van der Waals surface area contributed by atoms with Gasteiger partial charge in [0.2, 0.25) is 0 Å². The number of pyridine rings is 1. The number of amides is 2. The fraction of sp³-hybridized carbons (Fsp3) is 0.222. The summed E-state index contributed by atoms with van der Waals surface area (Å²) in [7, 11) is 1.58. The summed E-state index contributed by atoms with van der Waals surface area (Å²) in [5, 5.41) is 6.94. The SMILES string of the molecule is Cc1cc(C(=O)Nc2cccc(C(=O)NCC(F)(F)F)c2)c2c(=O)[nH]n(C)c2n1. The quantitative estimate of drug-likeness (QED) is 0.616. The Balaban J connectivity index is 1.86. The smallest absolute Gasteiger partial charge is 0.343 e. The summed E-state index contributed by atoms with van der Waals surface area (Å²) in [5.74, 6) is -1.55. The summed E-state index contributed by atoms with van der Waals surface area (Å²) in [4.78, 5) is 41.0. The normalized spacial score (nSPS) is 11.5. The van der Waals surface area contributed by atoms with Gasteiger partial charge in [0, 0.05) is 24.0 Å². The highest BCUT2D eigenvalue weighted by Crippen LogP contribution is 2.18. The number of alkyl halides is 3. The molecule has 2 amide bonds. The lowest BCUT2D eigenvalue weighted by Crippen LogP contribution is -2.33. The number of carbonyl (C=O) groups is 2. The maximum absolute atomic E-state index is 12.7. The number of nitrogens with one attached hydrogen (secondary N) is 3. The average molecular weight is 407 g/mol. The van der Waals surface area contributed by atoms with Crippen molar-refractivity contribution in [2.75, 3.05) is 11.9 Å². The fourth-order valence-electron chi connectivity index (χ4n) is 2.78. The van der Waals surface area contributed by atoms with E-state index in [1.807, 2.05) is 0 Å². The Morgan fingerprint density at radius 1 is 1.21 bits per heavy atom.